The van der Waals surface area contributed by atoms with Crippen molar-refractivity contribution in [2.75, 3.05) is 5.32 Å². The van der Waals surface area contributed by atoms with Gasteiger partial charge in [-0.05, 0) is 46.2 Å². The third-order valence-electron chi connectivity index (χ3n) is 3.07. The van der Waals surface area contributed by atoms with Gasteiger partial charge in [0.15, 0.2) is 0 Å². The van der Waals surface area contributed by atoms with Gasteiger partial charge in [-0.1, -0.05) is 34.5 Å². The van der Waals surface area contributed by atoms with E-state index in [4.69, 9.17) is 32.7 Å². The van der Waals surface area contributed by atoms with Crippen LogP contribution in [0, 0.1) is 0 Å². The molecule has 1 atom stereocenters. The van der Waals surface area contributed by atoms with E-state index < -0.39 is 11.7 Å². The molecule has 9 heteroatoms. The molecule has 0 aliphatic rings. The predicted octanol–water partition coefficient (Wildman–Crippen LogP) is 5.59. The van der Waals surface area contributed by atoms with Gasteiger partial charge in [0.1, 0.15) is 16.4 Å². The summed E-state index contributed by atoms with van der Waals surface area (Å²) in [4.78, 5) is 11.7. The van der Waals surface area contributed by atoms with Gasteiger partial charge in [-0.15, -0.1) is 10.2 Å². The minimum Gasteiger partial charge on any atom is -0.491 e. The van der Waals surface area contributed by atoms with Crippen LogP contribution in [0.5, 0.6) is 5.75 Å². The summed E-state index contributed by atoms with van der Waals surface area (Å²) in [7, 11) is 0. The molecule has 0 saturated heterocycles. The summed E-state index contributed by atoms with van der Waals surface area (Å²) in [6, 6.07) is 5.16. The van der Waals surface area contributed by atoms with E-state index in [-0.39, 0.29) is 6.10 Å². The topological polar surface area (TPSA) is 73.3 Å². The second kappa shape index (κ2) is 8.88. The van der Waals surface area contributed by atoms with Crippen LogP contribution >= 0.6 is 34.5 Å². The first-order valence-electron chi connectivity index (χ1n) is 8.06. The van der Waals surface area contributed by atoms with Gasteiger partial charge < -0.3 is 9.47 Å². The molecular formula is C17H21Cl2N3O3S. The van der Waals surface area contributed by atoms with Crippen molar-refractivity contribution in [3.8, 4) is 5.75 Å². The van der Waals surface area contributed by atoms with Gasteiger partial charge in [-0.3, -0.25) is 5.32 Å². The summed E-state index contributed by atoms with van der Waals surface area (Å²) in [5.41, 5.74) is -0.561. The monoisotopic (exact) mass is 417 g/mol. The second-order valence-corrected chi connectivity index (χ2v) is 8.55. The molecule has 1 aromatic heterocycles. The van der Waals surface area contributed by atoms with Crippen molar-refractivity contribution < 1.29 is 14.3 Å². The number of nitrogens with zero attached hydrogens (tertiary/aromatic N) is 2. The lowest BCUT2D eigenvalue weighted by atomic mass is 10.2. The molecule has 0 fully saturated rings. The molecule has 142 valence electrons. The number of carbonyl (C=O) groups excluding carboxylic acids is 1. The molecule has 2 aromatic rings. The number of carbonyl (C=O) groups is 1. The van der Waals surface area contributed by atoms with E-state index in [9.17, 15) is 4.79 Å². The molecule has 0 radical (unpaired) electrons. The van der Waals surface area contributed by atoms with Crippen LogP contribution in [0.2, 0.25) is 10.0 Å². The highest BCUT2D eigenvalue weighted by atomic mass is 35.5. The highest BCUT2D eigenvalue weighted by molar-refractivity contribution is 7.15. The van der Waals surface area contributed by atoms with E-state index in [0.29, 0.717) is 27.3 Å². The zero-order valence-electron chi connectivity index (χ0n) is 15.0. The van der Waals surface area contributed by atoms with Crippen molar-refractivity contribution in [2.45, 2.75) is 52.2 Å². The molecule has 1 unspecified atom stereocenters. The zero-order chi connectivity index (χ0) is 19.3. The van der Waals surface area contributed by atoms with Crippen molar-refractivity contribution in [1.29, 1.82) is 0 Å². The van der Waals surface area contributed by atoms with E-state index >= 15 is 0 Å². The van der Waals surface area contributed by atoms with E-state index in [1.165, 1.54) is 11.3 Å². The number of hydrogen-bond acceptors (Lipinski definition) is 6. The highest BCUT2D eigenvalue weighted by Crippen LogP contribution is 2.27. The highest BCUT2D eigenvalue weighted by Gasteiger charge is 2.18. The van der Waals surface area contributed by atoms with Crippen molar-refractivity contribution in [3.05, 3.63) is 33.3 Å². The number of anilines is 1. The van der Waals surface area contributed by atoms with Crippen molar-refractivity contribution in [1.82, 2.24) is 10.2 Å². The number of hydrogen-bond donors (Lipinski definition) is 1. The number of aryl methyl sites for hydroxylation is 1. The van der Waals surface area contributed by atoms with E-state index in [1.807, 2.05) is 6.92 Å². The van der Waals surface area contributed by atoms with Gasteiger partial charge in [-0.25, -0.2) is 4.79 Å². The number of ether oxygens (including phenoxy) is 2. The van der Waals surface area contributed by atoms with Crippen LogP contribution in [0.15, 0.2) is 18.2 Å². The summed E-state index contributed by atoms with van der Waals surface area (Å²) in [5, 5.41) is 12.8. The van der Waals surface area contributed by atoms with Crippen molar-refractivity contribution >= 4 is 45.8 Å². The molecule has 6 nitrogen and oxygen atoms in total. The maximum atomic E-state index is 11.7. The van der Waals surface area contributed by atoms with Crippen LogP contribution in [0.4, 0.5) is 9.93 Å². The normalized spacial score (nSPS) is 12.5. The van der Waals surface area contributed by atoms with Crippen LogP contribution in [0.1, 0.15) is 39.1 Å². The van der Waals surface area contributed by atoms with Crippen LogP contribution in [-0.2, 0) is 11.2 Å². The number of amides is 1. The van der Waals surface area contributed by atoms with Crippen LogP contribution in [0.25, 0.3) is 0 Å². The number of aromatic nitrogens is 2. The Hall–Kier alpha value is -1.57. The molecule has 1 heterocycles. The minimum atomic E-state index is -0.561. The lowest BCUT2D eigenvalue weighted by molar-refractivity contribution is 0.0636. The zero-order valence-corrected chi connectivity index (χ0v) is 17.3. The molecule has 0 aliphatic heterocycles. The fraction of sp³-hybridized carbons (Fsp3) is 0.471. The molecule has 0 saturated carbocycles. The van der Waals surface area contributed by atoms with Gasteiger partial charge >= 0.3 is 6.09 Å². The van der Waals surface area contributed by atoms with Crippen molar-refractivity contribution in [2.24, 2.45) is 0 Å². The Kier molecular flexibility index (Phi) is 7.08. The van der Waals surface area contributed by atoms with Crippen LogP contribution < -0.4 is 10.1 Å². The average molecular weight is 418 g/mol. The summed E-state index contributed by atoms with van der Waals surface area (Å²) < 4.78 is 11.0. The number of halogens is 2. The molecule has 0 spiro atoms. The van der Waals surface area contributed by atoms with Crippen molar-refractivity contribution in [3.63, 3.8) is 0 Å². The molecule has 2 rings (SSSR count). The van der Waals surface area contributed by atoms with E-state index in [1.54, 1.807) is 39.0 Å². The SMILES string of the molecule is CC(CCc1nnc(NC(=O)OC(C)(C)C)s1)Oc1ccc(Cl)c(Cl)c1. The smallest absolute Gasteiger partial charge is 0.414 e. The Balaban J connectivity index is 1.81. The first-order valence-corrected chi connectivity index (χ1v) is 9.64. The summed E-state index contributed by atoms with van der Waals surface area (Å²) in [6.45, 7) is 7.36. The summed E-state index contributed by atoms with van der Waals surface area (Å²) in [5.74, 6) is 0.663. The first-order chi connectivity index (χ1) is 12.1. The standard InChI is InChI=1S/C17H21Cl2N3O3S/c1-10(24-11-6-7-12(18)13(19)9-11)5-8-14-21-22-15(26-14)20-16(23)25-17(2,3)4/h6-7,9-10H,5,8H2,1-4H3,(H,20,22,23). The van der Waals surface area contributed by atoms with Gasteiger partial charge in [0.05, 0.1) is 16.1 Å². The Morgan fingerprint density at radius 1 is 1.27 bits per heavy atom. The average Bonchev–Trinajstić information content (AvgIpc) is 2.94. The number of rotatable bonds is 6. The van der Waals surface area contributed by atoms with Crippen LogP contribution in [0.3, 0.4) is 0 Å². The number of nitrogens with one attached hydrogen (secondary N) is 1. The number of benzene rings is 1. The largest absolute Gasteiger partial charge is 0.491 e. The molecule has 1 amide bonds. The Labute approximate surface area is 166 Å². The Bertz CT molecular complexity index is 762. The maximum Gasteiger partial charge on any atom is 0.414 e. The summed E-state index contributed by atoms with van der Waals surface area (Å²) >= 11 is 13.2. The molecule has 1 aromatic carbocycles. The molecule has 0 aliphatic carbocycles. The molecular weight excluding hydrogens is 397 g/mol. The predicted molar refractivity (Wildman–Crippen MR) is 105 cm³/mol. The lowest BCUT2D eigenvalue weighted by Gasteiger charge is -2.18. The van der Waals surface area contributed by atoms with Gasteiger partial charge in [0.25, 0.3) is 0 Å². The molecule has 0 bridgehead atoms. The van der Waals surface area contributed by atoms with Gasteiger partial charge in [0, 0.05) is 12.5 Å². The van der Waals surface area contributed by atoms with Gasteiger partial charge in [-0.2, -0.15) is 0 Å². The first kappa shape index (κ1) is 20.7. The minimum absolute atomic E-state index is 0.0431. The van der Waals surface area contributed by atoms with Crippen LogP contribution in [-0.4, -0.2) is 28.0 Å². The second-order valence-electron chi connectivity index (χ2n) is 6.67. The van der Waals surface area contributed by atoms with Gasteiger partial charge in [0.2, 0.25) is 5.13 Å². The van der Waals surface area contributed by atoms with E-state index in [0.717, 1.165) is 11.4 Å². The molecule has 26 heavy (non-hydrogen) atoms. The molecule has 1 N–H and O–H groups in total. The fourth-order valence-electron chi connectivity index (χ4n) is 1.96. The Morgan fingerprint density at radius 3 is 2.65 bits per heavy atom. The third-order valence-corrected chi connectivity index (χ3v) is 4.71. The third kappa shape index (κ3) is 6.97. The maximum absolute atomic E-state index is 11.7. The lowest BCUT2D eigenvalue weighted by Crippen LogP contribution is -2.27. The quantitative estimate of drug-likeness (QED) is 0.662. The Morgan fingerprint density at radius 2 is 2.00 bits per heavy atom. The fourth-order valence-corrected chi connectivity index (χ4v) is 2.99. The summed E-state index contributed by atoms with van der Waals surface area (Å²) in [6.07, 6.45) is 0.826. The van der Waals surface area contributed by atoms with E-state index in [2.05, 4.69) is 15.5 Å².